The number of methoxy groups -OCH3 is 1. The summed E-state index contributed by atoms with van der Waals surface area (Å²) < 4.78 is 5.00. The molecule has 4 nitrogen and oxygen atoms in total. The summed E-state index contributed by atoms with van der Waals surface area (Å²) in [6, 6.07) is 7.48. The van der Waals surface area contributed by atoms with Gasteiger partial charge in [-0.2, -0.15) is 0 Å². The fourth-order valence-corrected chi connectivity index (χ4v) is 1.26. The molecule has 0 radical (unpaired) electrons. The average Bonchev–Trinajstić information content (AvgIpc) is 2.28. The van der Waals surface area contributed by atoms with Gasteiger partial charge in [-0.25, -0.2) is 4.79 Å². The van der Waals surface area contributed by atoms with Crippen LogP contribution in [0.3, 0.4) is 0 Å². The molecule has 1 aromatic carbocycles. The molecule has 1 aromatic rings. The molecule has 0 fully saturated rings. The summed E-state index contributed by atoms with van der Waals surface area (Å²) in [6.07, 6.45) is 0.788. The number of anilines is 1. The number of carbonyl (C=O) groups is 1. The number of urea groups is 1. The van der Waals surface area contributed by atoms with Crippen LogP contribution in [0.2, 0.25) is 0 Å². The molecule has 0 heterocycles. The third-order valence-corrected chi connectivity index (χ3v) is 2.07. The molecule has 4 heteroatoms. The molecular weight excluding hydrogens is 192 g/mol. The van der Waals surface area contributed by atoms with Gasteiger partial charge in [0.2, 0.25) is 0 Å². The lowest BCUT2D eigenvalue weighted by Crippen LogP contribution is -2.25. The molecule has 0 spiro atoms. The average molecular weight is 208 g/mol. The third-order valence-electron chi connectivity index (χ3n) is 2.07. The monoisotopic (exact) mass is 208 g/mol. The first kappa shape index (κ1) is 11.5. The second-order valence-corrected chi connectivity index (χ2v) is 3.10. The lowest BCUT2D eigenvalue weighted by molar-refractivity contribution is 0.202. The number of carbonyl (C=O) groups excluding carboxylic acids is 1. The summed E-state index contributed by atoms with van der Waals surface area (Å²) in [5.41, 5.74) is 1.90. The molecule has 0 bridgehead atoms. The topological polar surface area (TPSA) is 50.4 Å². The predicted molar refractivity (Wildman–Crippen MR) is 60.1 cm³/mol. The molecule has 0 aliphatic rings. The van der Waals surface area contributed by atoms with Crippen LogP contribution in [-0.4, -0.2) is 26.8 Å². The van der Waals surface area contributed by atoms with Gasteiger partial charge in [-0.05, 0) is 18.1 Å². The highest BCUT2D eigenvalue weighted by Gasteiger charge is 2.03. The quantitative estimate of drug-likeness (QED) is 0.790. The highest BCUT2D eigenvalue weighted by molar-refractivity contribution is 5.89. The molecule has 0 aliphatic carbocycles. The van der Waals surface area contributed by atoms with Crippen molar-refractivity contribution in [2.75, 3.05) is 26.1 Å². The van der Waals surface area contributed by atoms with E-state index in [0.29, 0.717) is 6.61 Å². The lowest BCUT2D eigenvalue weighted by Gasteiger charge is -2.09. The van der Waals surface area contributed by atoms with E-state index in [1.165, 1.54) is 0 Å². The number of amides is 2. The van der Waals surface area contributed by atoms with Gasteiger partial charge in [0.1, 0.15) is 0 Å². The molecule has 2 N–H and O–H groups in total. The second kappa shape index (κ2) is 6.03. The zero-order valence-corrected chi connectivity index (χ0v) is 9.04. The van der Waals surface area contributed by atoms with Crippen molar-refractivity contribution in [3.63, 3.8) is 0 Å². The lowest BCUT2D eigenvalue weighted by atomic mass is 10.1. The van der Waals surface area contributed by atoms with Crippen molar-refractivity contribution in [3.8, 4) is 0 Å². The Balaban J connectivity index is 2.72. The van der Waals surface area contributed by atoms with E-state index in [2.05, 4.69) is 10.6 Å². The van der Waals surface area contributed by atoms with E-state index in [-0.39, 0.29) is 6.03 Å². The molecular formula is C11H16N2O2. The van der Waals surface area contributed by atoms with Crippen LogP contribution in [0.4, 0.5) is 10.5 Å². The Morgan fingerprint density at radius 3 is 2.80 bits per heavy atom. The van der Waals surface area contributed by atoms with Crippen molar-refractivity contribution < 1.29 is 9.53 Å². The second-order valence-electron chi connectivity index (χ2n) is 3.10. The van der Waals surface area contributed by atoms with Crippen LogP contribution >= 0.6 is 0 Å². The van der Waals surface area contributed by atoms with Crippen molar-refractivity contribution in [2.45, 2.75) is 6.42 Å². The summed E-state index contributed by atoms with van der Waals surface area (Å²) in [4.78, 5) is 11.2. The summed E-state index contributed by atoms with van der Waals surface area (Å²) in [7, 11) is 3.25. The Hall–Kier alpha value is -1.55. The molecule has 0 aliphatic heterocycles. The molecule has 0 atom stereocenters. The predicted octanol–water partition coefficient (Wildman–Crippen LogP) is 1.63. The van der Waals surface area contributed by atoms with Gasteiger partial charge >= 0.3 is 6.03 Å². The minimum Gasteiger partial charge on any atom is -0.384 e. The van der Waals surface area contributed by atoms with Crippen molar-refractivity contribution >= 4 is 11.7 Å². The van der Waals surface area contributed by atoms with E-state index >= 15 is 0 Å². The van der Waals surface area contributed by atoms with Gasteiger partial charge in [-0.1, -0.05) is 18.2 Å². The minimum absolute atomic E-state index is 0.208. The van der Waals surface area contributed by atoms with Gasteiger partial charge in [0.15, 0.2) is 0 Å². The van der Waals surface area contributed by atoms with Crippen molar-refractivity contribution in [2.24, 2.45) is 0 Å². The first-order valence-electron chi connectivity index (χ1n) is 4.83. The molecule has 0 aromatic heterocycles. The van der Waals surface area contributed by atoms with E-state index in [1.54, 1.807) is 14.2 Å². The van der Waals surface area contributed by atoms with Crippen LogP contribution in [0.5, 0.6) is 0 Å². The molecule has 1 rings (SSSR count). The van der Waals surface area contributed by atoms with Crippen LogP contribution in [0, 0.1) is 0 Å². The van der Waals surface area contributed by atoms with E-state index in [0.717, 1.165) is 17.7 Å². The molecule has 0 unspecified atom stereocenters. The molecule has 0 saturated heterocycles. The maximum atomic E-state index is 11.2. The number of ether oxygens (including phenoxy) is 1. The maximum absolute atomic E-state index is 11.2. The highest BCUT2D eigenvalue weighted by atomic mass is 16.5. The van der Waals surface area contributed by atoms with Crippen LogP contribution in [0.15, 0.2) is 24.3 Å². The van der Waals surface area contributed by atoms with Gasteiger partial charge in [0, 0.05) is 19.8 Å². The standard InChI is InChI=1S/C11H16N2O2/c1-12-11(14)13-10-6-4-3-5-9(10)7-8-15-2/h3-6H,7-8H2,1-2H3,(H2,12,13,14). The highest BCUT2D eigenvalue weighted by Crippen LogP contribution is 2.15. The first-order chi connectivity index (χ1) is 7.27. The summed E-state index contributed by atoms with van der Waals surface area (Å²) in [5, 5.41) is 5.28. The minimum atomic E-state index is -0.208. The number of benzene rings is 1. The molecule has 0 saturated carbocycles. The smallest absolute Gasteiger partial charge is 0.318 e. The van der Waals surface area contributed by atoms with Crippen LogP contribution in [0.25, 0.3) is 0 Å². The third kappa shape index (κ3) is 3.59. The van der Waals surface area contributed by atoms with Crippen LogP contribution in [-0.2, 0) is 11.2 Å². The Morgan fingerprint density at radius 1 is 1.40 bits per heavy atom. The number of para-hydroxylation sites is 1. The molecule has 82 valence electrons. The zero-order chi connectivity index (χ0) is 11.1. The summed E-state index contributed by atoms with van der Waals surface area (Å²) >= 11 is 0. The number of nitrogens with one attached hydrogen (secondary N) is 2. The number of rotatable bonds is 4. The number of hydrogen-bond donors (Lipinski definition) is 2. The Labute approximate surface area is 89.6 Å². The van der Waals surface area contributed by atoms with Crippen molar-refractivity contribution in [1.29, 1.82) is 0 Å². The van der Waals surface area contributed by atoms with Crippen molar-refractivity contribution in [3.05, 3.63) is 29.8 Å². The van der Waals surface area contributed by atoms with Gasteiger partial charge in [0.25, 0.3) is 0 Å². The fourth-order valence-electron chi connectivity index (χ4n) is 1.26. The molecule has 2 amide bonds. The van der Waals surface area contributed by atoms with E-state index < -0.39 is 0 Å². The van der Waals surface area contributed by atoms with E-state index in [1.807, 2.05) is 24.3 Å². The molecule has 15 heavy (non-hydrogen) atoms. The van der Waals surface area contributed by atoms with Gasteiger partial charge in [-0.3, -0.25) is 0 Å². The van der Waals surface area contributed by atoms with Crippen molar-refractivity contribution in [1.82, 2.24) is 5.32 Å². The SMILES string of the molecule is CNC(=O)Nc1ccccc1CCOC. The number of hydrogen-bond acceptors (Lipinski definition) is 2. The normalized spacial score (nSPS) is 9.73. The largest absolute Gasteiger partial charge is 0.384 e. The zero-order valence-electron chi connectivity index (χ0n) is 9.04. The Morgan fingerprint density at radius 2 is 2.13 bits per heavy atom. The Bertz CT molecular complexity index is 326. The van der Waals surface area contributed by atoms with E-state index in [9.17, 15) is 4.79 Å². The van der Waals surface area contributed by atoms with Gasteiger partial charge in [0.05, 0.1) is 6.61 Å². The Kier molecular flexibility index (Phi) is 4.63. The fraction of sp³-hybridized carbons (Fsp3) is 0.364. The summed E-state index contributed by atoms with van der Waals surface area (Å²) in [5.74, 6) is 0. The van der Waals surface area contributed by atoms with Gasteiger partial charge < -0.3 is 15.4 Å². The van der Waals surface area contributed by atoms with Gasteiger partial charge in [-0.15, -0.1) is 0 Å². The van der Waals surface area contributed by atoms with Crippen LogP contribution < -0.4 is 10.6 Å². The first-order valence-corrected chi connectivity index (χ1v) is 4.83. The van der Waals surface area contributed by atoms with E-state index in [4.69, 9.17) is 4.74 Å². The van der Waals surface area contributed by atoms with Crippen LogP contribution in [0.1, 0.15) is 5.56 Å². The maximum Gasteiger partial charge on any atom is 0.318 e. The summed E-state index contributed by atoms with van der Waals surface area (Å²) in [6.45, 7) is 0.645.